The Hall–Kier alpha value is -3.39. The van der Waals surface area contributed by atoms with Gasteiger partial charge in [0.25, 0.3) is 0 Å². The summed E-state index contributed by atoms with van der Waals surface area (Å²) in [4.78, 5) is 34.4. The lowest BCUT2D eigenvalue weighted by Gasteiger charge is -2.16. The molecule has 1 atom stereocenters. The maximum atomic E-state index is 12.6. The Bertz CT molecular complexity index is 1410. The Morgan fingerprint density at radius 1 is 1.09 bits per heavy atom. The van der Waals surface area contributed by atoms with Crippen LogP contribution in [-0.4, -0.2) is 32.1 Å². The Balaban J connectivity index is 1.26. The van der Waals surface area contributed by atoms with E-state index < -0.39 is 0 Å². The second kappa shape index (κ2) is 7.88. The average Bonchev–Trinajstić information content (AvgIpc) is 3.58. The van der Waals surface area contributed by atoms with Gasteiger partial charge in [0.1, 0.15) is 0 Å². The molecule has 4 aromatic rings. The van der Waals surface area contributed by atoms with Crippen LogP contribution in [0.1, 0.15) is 50.0 Å². The van der Waals surface area contributed by atoms with Gasteiger partial charge in [-0.15, -0.1) is 0 Å². The standard InChI is InChI=1S/C24H22ClN5O3/c25-16-4-3-7-18(12-16)29-13-15(11-21(29)31)23-27-22(28-33-23)14-8-9-20-19(10-14)26-24(32)30(20)17-5-1-2-6-17/h3-4,7-10,12,15,17H,1-2,5-6,11,13H2,(H,26,32)/t15-/m1/s1. The van der Waals surface area contributed by atoms with Crippen molar-refractivity contribution in [3.8, 4) is 11.4 Å². The number of hydrogen-bond acceptors (Lipinski definition) is 5. The maximum absolute atomic E-state index is 12.6. The lowest BCUT2D eigenvalue weighted by atomic mass is 10.1. The van der Waals surface area contributed by atoms with E-state index in [-0.39, 0.29) is 23.6 Å². The van der Waals surface area contributed by atoms with Gasteiger partial charge in [0.05, 0.1) is 17.0 Å². The molecule has 0 unspecified atom stereocenters. The van der Waals surface area contributed by atoms with Crippen molar-refractivity contribution in [2.75, 3.05) is 11.4 Å². The molecule has 2 aliphatic rings. The summed E-state index contributed by atoms with van der Waals surface area (Å²) in [5, 5.41) is 4.73. The molecule has 2 aromatic carbocycles. The predicted molar refractivity (Wildman–Crippen MR) is 125 cm³/mol. The third kappa shape index (κ3) is 3.54. The summed E-state index contributed by atoms with van der Waals surface area (Å²) in [5.41, 5.74) is 3.11. The van der Waals surface area contributed by atoms with Crippen LogP contribution in [0.5, 0.6) is 0 Å². The zero-order valence-corrected chi connectivity index (χ0v) is 18.6. The topological polar surface area (TPSA) is 97.0 Å². The van der Waals surface area contributed by atoms with E-state index in [1.54, 1.807) is 17.0 Å². The third-order valence-corrected chi connectivity index (χ3v) is 6.94. The maximum Gasteiger partial charge on any atom is 0.326 e. The summed E-state index contributed by atoms with van der Waals surface area (Å²) in [6, 6.07) is 13.2. The van der Waals surface area contributed by atoms with Crippen LogP contribution in [0.2, 0.25) is 5.02 Å². The molecule has 2 fully saturated rings. The highest BCUT2D eigenvalue weighted by Gasteiger charge is 2.35. The van der Waals surface area contributed by atoms with Crippen molar-refractivity contribution in [2.45, 2.75) is 44.1 Å². The molecule has 1 N–H and O–H groups in total. The monoisotopic (exact) mass is 463 g/mol. The fourth-order valence-corrected chi connectivity index (χ4v) is 5.26. The molecule has 1 aliphatic carbocycles. The lowest BCUT2D eigenvalue weighted by Crippen LogP contribution is -2.24. The number of nitrogens with one attached hydrogen (secondary N) is 1. The first kappa shape index (κ1) is 20.2. The minimum Gasteiger partial charge on any atom is -0.339 e. The van der Waals surface area contributed by atoms with Gasteiger partial charge in [-0.1, -0.05) is 35.7 Å². The number of fused-ring (bicyclic) bond motifs is 1. The van der Waals surface area contributed by atoms with E-state index in [0.717, 1.165) is 48.0 Å². The fraction of sp³-hybridized carbons (Fsp3) is 0.333. The number of benzene rings is 2. The first-order valence-electron chi connectivity index (χ1n) is 11.2. The molecule has 1 saturated heterocycles. The SMILES string of the molecule is O=C1C[C@@H](c2nc(-c3ccc4c(c3)[nH]c(=O)n4C3CCCC3)no2)CN1c1cccc(Cl)c1. The number of carbonyl (C=O) groups excluding carboxylic acids is 1. The van der Waals surface area contributed by atoms with Gasteiger partial charge in [-0.05, 0) is 49.2 Å². The molecule has 6 rings (SSSR count). The number of nitrogens with zero attached hydrogens (tertiary/aromatic N) is 4. The Morgan fingerprint density at radius 3 is 2.76 bits per heavy atom. The molecule has 1 aliphatic heterocycles. The highest BCUT2D eigenvalue weighted by Crippen LogP contribution is 2.34. The molecule has 168 valence electrons. The molecule has 8 nitrogen and oxygen atoms in total. The number of anilines is 1. The van der Waals surface area contributed by atoms with Gasteiger partial charge in [-0.2, -0.15) is 4.98 Å². The highest BCUT2D eigenvalue weighted by molar-refractivity contribution is 6.30. The van der Waals surface area contributed by atoms with Crippen LogP contribution in [-0.2, 0) is 4.79 Å². The Kier molecular flexibility index (Phi) is 4.83. The number of H-pyrrole nitrogens is 1. The molecule has 3 heterocycles. The summed E-state index contributed by atoms with van der Waals surface area (Å²) < 4.78 is 7.42. The van der Waals surface area contributed by atoms with E-state index in [9.17, 15) is 9.59 Å². The summed E-state index contributed by atoms with van der Waals surface area (Å²) >= 11 is 6.08. The molecule has 33 heavy (non-hydrogen) atoms. The van der Waals surface area contributed by atoms with Gasteiger partial charge in [0.15, 0.2) is 0 Å². The normalized spacial score (nSPS) is 19.2. The molecule has 2 aromatic heterocycles. The zero-order valence-electron chi connectivity index (χ0n) is 17.8. The van der Waals surface area contributed by atoms with Gasteiger partial charge in [-0.25, -0.2) is 4.79 Å². The lowest BCUT2D eigenvalue weighted by molar-refractivity contribution is -0.117. The molecule has 0 spiro atoms. The van der Waals surface area contributed by atoms with Crippen LogP contribution in [0.25, 0.3) is 22.4 Å². The molecular weight excluding hydrogens is 442 g/mol. The molecule has 1 saturated carbocycles. The van der Waals surface area contributed by atoms with Crippen molar-refractivity contribution in [3.05, 3.63) is 63.9 Å². The summed E-state index contributed by atoms with van der Waals surface area (Å²) in [5.74, 6) is 0.675. The van der Waals surface area contributed by atoms with Crippen molar-refractivity contribution in [3.63, 3.8) is 0 Å². The largest absolute Gasteiger partial charge is 0.339 e. The van der Waals surface area contributed by atoms with Gasteiger partial charge in [0.2, 0.25) is 17.6 Å². The first-order valence-corrected chi connectivity index (χ1v) is 11.6. The Labute approximate surface area is 194 Å². The van der Waals surface area contributed by atoms with Crippen LogP contribution in [0.15, 0.2) is 51.8 Å². The zero-order chi connectivity index (χ0) is 22.5. The van der Waals surface area contributed by atoms with Gasteiger partial charge in [0, 0.05) is 35.3 Å². The van der Waals surface area contributed by atoms with Crippen LogP contribution in [0, 0.1) is 0 Å². The summed E-state index contributed by atoms with van der Waals surface area (Å²) in [6.45, 7) is 0.456. The van der Waals surface area contributed by atoms with Gasteiger partial charge >= 0.3 is 5.69 Å². The molecule has 9 heteroatoms. The quantitative estimate of drug-likeness (QED) is 0.474. The highest BCUT2D eigenvalue weighted by atomic mass is 35.5. The molecule has 0 radical (unpaired) electrons. The minimum atomic E-state index is -0.190. The first-order chi connectivity index (χ1) is 16.1. The van der Waals surface area contributed by atoms with Crippen LogP contribution < -0.4 is 10.6 Å². The number of imidazole rings is 1. The van der Waals surface area contributed by atoms with Crippen molar-refractivity contribution in [1.29, 1.82) is 0 Å². The Morgan fingerprint density at radius 2 is 1.94 bits per heavy atom. The van der Waals surface area contributed by atoms with Crippen LogP contribution in [0.4, 0.5) is 5.69 Å². The van der Waals surface area contributed by atoms with E-state index >= 15 is 0 Å². The molecule has 1 amide bonds. The number of amides is 1. The second-order valence-electron chi connectivity index (χ2n) is 8.81. The van der Waals surface area contributed by atoms with E-state index in [1.165, 1.54) is 0 Å². The van der Waals surface area contributed by atoms with Crippen molar-refractivity contribution in [1.82, 2.24) is 19.7 Å². The number of aromatic amines is 1. The van der Waals surface area contributed by atoms with Crippen molar-refractivity contribution < 1.29 is 9.32 Å². The molecule has 0 bridgehead atoms. The smallest absolute Gasteiger partial charge is 0.326 e. The van der Waals surface area contributed by atoms with E-state index in [4.69, 9.17) is 16.1 Å². The van der Waals surface area contributed by atoms with Gasteiger partial charge < -0.3 is 14.4 Å². The van der Waals surface area contributed by atoms with E-state index in [0.29, 0.717) is 29.7 Å². The van der Waals surface area contributed by atoms with Crippen LogP contribution in [0.3, 0.4) is 0 Å². The van der Waals surface area contributed by atoms with Crippen molar-refractivity contribution >= 4 is 34.2 Å². The number of hydrogen-bond donors (Lipinski definition) is 1. The number of carbonyl (C=O) groups is 1. The van der Waals surface area contributed by atoms with E-state index in [2.05, 4.69) is 15.1 Å². The fourth-order valence-electron chi connectivity index (χ4n) is 5.08. The number of halogens is 1. The summed E-state index contributed by atoms with van der Waals surface area (Å²) in [7, 11) is 0. The van der Waals surface area contributed by atoms with Crippen LogP contribution >= 0.6 is 11.6 Å². The second-order valence-corrected chi connectivity index (χ2v) is 9.25. The van der Waals surface area contributed by atoms with Crippen molar-refractivity contribution in [2.24, 2.45) is 0 Å². The summed E-state index contributed by atoms with van der Waals surface area (Å²) in [6.07, 6.45) is 4.69. The molecular formula is C24H22ClN5O3. The predicted octanol–water partition coefficient (Wildman–Crippen LogP) is 4.67. The van der Waals surface area contributed by atoms with Gasteiger partial charge in [-0.3, -0.25) is 9.36 Å². The third-order valence-electron chi connectivity index (χ3n) is 6.70. The van der Waals surface area contributed by atoms with E-state index in [1.807, 2.05) is 34.9 Å². The number of aromatic nitrogens is 4. The average molecular weight is 464 g/mol. The number of rotatable bonds is 4. The minimum absolute atomic E-state index is 0.00531.